The van der Waals surface area contributed by atoms with E-state index in [-0.39, 0.29) is 0 Å². The zero-order valence-corrected chi connectivity index (χ0v) is 7.04. The average Bonchev–Trinajstić information content (AvgIpc) is 2.38. The molecule has 1 nitrogen and oxygen atoms in total. The van der Waals surface area contributed by atoms with Crippen molar-refractivity contribution in [3.63, 3.8) is 0 Å². The van der Waals surface area contributed by atoms with Crippen LogP contribution in [0.4, 0.5) is 0 Å². The van der Waals surface area contributed by atoms with Crippen molar-refractivity contribution >= 4 is 0 Å². The van der Waals surface area contributed by atoms with Crippen LogP contribution in [0.25, 0.3) is 0 Å². The van der Waals surface area contributed by atoms with Crippen molar-refractivity contribution in [2.24, 2.45) is 0 Å². The van der Waals surface area contributed by atoms with Gasteiger partial charge in [0.25, 0.3) is 0 Å². The molecule has 1 heteroatoms. The molecule has 0 aliphatic heterocycles. The molecule has 0 fully saturated rings. The summed E-state index contributed by atoms with van der Waals surface area (Å²) in [7, 11) is 4.51. The summed E-state index contributed by atoms with van der Waals surface area (Å²) < 4.78 is 1.06. The predicted octanol–water partition coefficient (Wildman–Crippen LogP) is 1.58. The summed E-state index contributed by atoms with van der Waals surface area (Å²) in [5.74, 6) is 0. The predicted molar refractivity (Wildman–Crippen MR) is 44.7 cm³/mol. The van der Waals surface area contributed by atoms with E-state index in [4.69, 9.17) is 0 Å². The van der Waals surface area contributed by atoms with Crippen LogP contribution < -0.4 is 0 Å². The van der Waals surface area contributed by atoms with E-state index in [1.807, 2.05) is 0 Å². The minimum absolute atomic E-state index is 0.602. The van der Waals surface area contributed by atoms with Gasteiger partial charge in [0.1, 0.15) is 6.04 Å². The first kappa shape index (κ1) is 7.55. The second-order valence-electron chi connectivity index (χ2n) is 3.36. The van der Waals surface area contributed by atoms with Crippen LogP contribution in [0.3, 0.4) is 0 Å². The van der Waals surface area contributed by atoms with Gasteiger partial charge in [-0.1, -0.05) is 12.2 Å². The molecular formula is C9H16N+. The smallest absolute Gasteiger partial charge is 0.127 e. The lowest BCUT2D eigenvalue weighted by atomic mass is 10.2. The second kappa shape index (κ2) is 2.59. The fourth-order valence-corrected chi connectivity index (χ4v) is 1.10. The van der Waals surface area contributed by atoms with Gasteiger partial charge in [-0.2, -0.15) is 0 Å². The number of hydrogen-bond donors (Lipinski definition) is 0. The lowest BCUT2D eigenvalue weighted by Crippen LogP contribution is -2.45. The first-order valence-electron chi connectivity index (χ1n) is 3.84. The molecule has 0 amide bonds. The average molecular weight is 138 g/mol. The molecule has 0 saturated heterocycles. The largest absolute Gasteiger partial charge is 0.320 e. The molecule has 0 saturated carbocycles. The third kappa shape index (κ3) is 1.29. The lowest BCUT2D eigenvalue weighted by Gasteiger charge is -2.32. The molecule has 0 radical (unpaired) electrons. The Balaban J connectivity index is 2.64. The number of hydrogen-bond acceptors (Lipinski definition) is 0. The van der Waals surface area contributed by atoms with Gasteiger partial charge in [-0.25, -0.2) is 0 Å². The molecule has 0 bridgehead atoms. The van der Waals surface area contributed by atoms with E-state index in [9.17, 15) is 0 Å². The number of rotatable bonds is 2. The van der Waals surface area contributed by atoms with Crippen molar-refractivity contribution < 1.29 is 4.48 Å². The summed E-state index contributed by atoms with van der Waals surface area (Å²) >= 11 is 0. The van der Waals surface area contributed by atoms with Gasteiger partial charge in [0.15, 0.2) is 0 Å². The highest BCUT2D eigenvalue weighted by atomic mass is 15.3. The quantitative estimate of drug-likeness (QED) is 0.508. The fraction of sp³-hybridized carbons (Fsp3) is 0.556. The topological polar surface area (TPSA) is 0 Å². The normalized spacial score (nSPS) is 18.7. The summed E-state index contributed by atoms with van der Waals surface area (Å²) in [6.07, 6.45) is 8.76. The molecule has 1 aliphatic carbocycles. The molecule has 0 atom stereocenters. The Morgan fingerprint density at radius 3 is 2.10 bits per heavy atom. The zero-order valence-electron chi connectivity index (χ0n) is 7.04. The number of allylic oxidation sites excluding steroid dienone is 2. The zero-order chi connectivity index (χ0) is 7.61. The summed E-state index contributed by atoms with van der Waals surface area (Å²) in [6, 6.07) is 0.602. The van der Waals surface area contributed by atoms with E-state index < -0.39 is 0 Å². The molecule has 0 heterocycles. The van der Waals surface area contributed by atoms with Crippen molar-refractivity contribution in [1.82, 2.24) is 0 Å². The van der Waals surface area contributed by atoms with Gasteiger partial charge in [-0.05, 0) is 19.1 Å². The number of nitrogens with zero attached hydrogens (tertiary/aromatic N) is 1. The maximum atomic E-state index is 2.25. The lowest BCUT2D eigenvalue weighted by molar-refractivity contribution is -0.900. The summed E-state index contributed by atoms with van der Waals surface area (Å²) in [4.78, 5) is 0. The maximum Gasteiger partial charge on any atom is 0.127 e. The Hall–Kier alpha value is -0.560. The monoisotopic (exact) mass is 138 g/mol. The summed E-state index contributed by atoms with van der Waals surface area (Å²) in [5.41, 5.74) is 0. The molecule has 0 unspecified atom stereocenters. The van der Waals surface area contributed by atoms with Gasteiger partial charge in [0.05, 0.1) is 20.6 Å². The molecule has 0 aromatic carbocycles. The molecule has 56 valence electrons. The van der Waals surface area contributed by atoms with Crippen LogP contribution in [-0.4, -0.2) is 31.2 Å². The van der Waals surface area contributed by atoms with Crippen molar-refractivity contribution in [2.75, 3.05) is 20.6 Å². The number of quaternary nitrogens is 1. The Bertz CT molecular complexity index is 154. The molecule has 0 aromatic rings. The van der Waals surface area contributed by atoms with Gasteiger partial charge in [-0.15, -0.1) is 0 Å². The minimum atomic E-state index is 0.602. The van der Waals surface area contributed by atoms with Crippen LogP contribution in [0.5, 0.6) is 0 Å². The molecule has 0 aromatic heterocycles. The Morgan fingerprint density at radius 2 is 1.70 bits per heavy atom. The van der Waals surface area contributed by atoms with Crippen molar-refractivity contribution in [3.8, 4) is 0 Å². The first-order valence-corrected chi connectivity index (χ1v) is 3.84. The molecule has 1 aliphatic rings. The van der Waals surface area contributed by atoms with E-state index >= 15 is 0 Å². The molecule has 10 heavy (non-hydrogen) atoms. The molecule has 0 spiro atoms. The van der Waals surface area contributed by atoms with Crippen LogP contribution in [0.2, 0.25) is 0 Å². The second-order valence-corrected chi connectivity index (χ2v) is 3.36. The van der Waals surface area contributed by atoms with Crippen molar-refractivity contribution in [1.29, 1.82) is 0 Å². The van der Waals surface area contributed by atoms with E-state index in [1.165, 1.54) is 6.54 Å². The molecule has 1 rings (SSSR count). The SMILES string of the molecule is CC[N+](C)(C)C1C=CC=C1. The Labute approximate surface area is 63.2 Å². The minimum Gasteiger partial charge on any atom is -0.320 e. The van der Waals surface area contributed by atoms with Gasteiger partial charge in [0.2, 0.25) is 0 Å². The summed E-state index contributed by atoms with van der Waals surface area (Å²) in [5, 5.41) is 0. The third-order valence-corrected chi connectivity index (χ3v) is 2.35. The van der Waals surface area contributed by atoms with Gasteiger partial charge in [0, 0.05) is 0 Å². The maximum absolute atomic E-state index is 2.25. The fourth-order valence-electron chi connectivity index (χ4n) is 1.10. The van der Waals surface area contributed by atoms with Crippen LogP contribution in [0, 0.1) is 0 Å². The van der Waals surface area contributed by atoms with Crippen LogP contribution in [-0.2, 0) is 0 Å². The van der Waals surface area contributed by atoms with Crippen LogP contribution in [0.1, 0.15) is 6.92 Å². The van der Waals surface area contributed by atoms with Crippen LogP contribution >= 0.6 is 0 Å². The first-order chi connectivity index (χ1) is 4.67. The van der Waals surface area contributed by atoms with Crippen molar-refractivity contribution in [3.05, 3.63) is 24.3 Å². The Kier molecular flexibility index (Phi) is 1.95. The van der Waals surface area contributed by atoms with E-state index in [1.54, 1.807) is 0 Å². The molecule has 0 N–H and O–H groups in total. The highest BCUT2D eigenvalue weighted by Gasteiger charge is 2.22. The van der Waals surface area contributed by atoms with Gasteiger partial charge >= 0.3 is 0 Å². The molecular weight excluding hydrogens is 122 g/mol. The highest BCUT2D eigenvalue weighted by molar-refractivity contribution is 5.18. The van der Waals surface area contributed by atoms with Crippen LogP contribution in [0.15, 0.2) is 24.3 Å². The third-order valence-electron chi connectivity index (χ3n) is 2.35. The van der Waals surface area contributed by atoms with Gasteiger partial charge < -0.3 is 4.48 Å². The Morgan fingerprint density at radius 1 is 1.20 bits per heavy atom. The van der Waals surface area contributed by atoms with E-state index in [0.29, 0.717) is 6.04 Å². The van der Waals surface area contributed by atoms with E-state index in [0.717, 1.165) is 4.48 Å². The standard InChI is InChI=1S/C9H16N/c1-4-10(2,3)9-7-5-6-8-9/h5-9H,4H2,1-3H3/q+1. The number of likely N-dealkylation sites (N-methyl/N-ethyl adjacent to an activating group) is 1. The van der Waals surface area contributed by atoms with Gasteiger partial charge in [-0.3, -0.25) is 0 Å². The van der Waals surface area contributed by atoms with Crippen molar-refractivity contribution in [2.45, 2.75) is 13.0 Å². The highest BCUT2D eigenvalue weighted by Crippen LogP contribution is 2.13. The summed E-state index contributed by atoms with van der Waals surface area (Å²) in [6.45, 7) is 3.40. The van der Waals surface area contributed by atoms with E-state index in [2.05, 4.69) is 45.3 Å².